The molecule has 2 aromatic rings. The van der Waals surface area contributed by atoms with E-state index in [1.165, 1.54) is 16.7 Å². The van der Waals surface area contributed by atoms with Gasteiger partial charge in [-0.2, -0.15) is 0 Å². The van der Waals surface area contributed by atoms with Crippen molar-refractivity contribution in [2.24, 2.45) is 0 Å². The molecule has 1 N–H and O–H groups in total. The molecule has 0 heterocycles. The van der Waals surface area contributed by atoms with Crippen molar-refractivity contribution in [1.29, 1.82) is 0 Å². The summed E-state index contributed by atoms with van der Waals surface area (Å²) in [6, 6.07) is 17.4. The fraction of sp³-hybridized carbons (Fsp3) is 0.250. The van der Waals surface area contributed by atoms with Crippen molar-refractivity contribution < 1.29 is 0 Å². The highest BCUT2D eigenvalue weighted by molar-refractivity contribution is 9.10. The minimum atomic E-state index is 0.360. The van der Waals surface area contributed by atoms with Crippen molar-refractivity contribution in [2.75, 3.05) is 0 Å². The Morgan fingerprint density at radius 1 is 1.11 bits per heavy atom. The molecule has 0 fully saturated rings. The van der Waals surface area contributed by atoms with Crippen LogP contribution in [0.5, 0.6) is 0 Å². The van der Waals surface area contributed by atoms with E-state index in [1.807, 2.05) is 0 Å². The van der Waals surface area contributed by atoms with Crippen molar-refractivity contribution in [2.45, 2.75) is 26.4 Å². The first-order valence-electron chi connectivity index (χ1n) is 6.19. The minimum absolute atomic E-state index is 0.360. The number of benzene rings is 2. The molecule has 0 aromatic heterocycles. The van der Waals surface area contributed by atoms with Crippen LogP contribution in [0.1, 0.15) is 29.7 Å². The summed E-state index contributed by atoms with van der Waals surface area (Å²) in [5.74, 6) is 0. The highest BCUT2D eigenvalue weighted by atomic mass is 79.9. The lowest BCUT2D eigenvalue weighted by molar-refractivity contribution is 0.574. The first kappa shape index (κ1) is 13.3. The zero-order valence-corrected chi connectivity index (χ0v) is 12.4. The molecule has 2 rings (SSSR count). The van der Waals surface area contributed by atoms with Crippen LogP contribution in [-0.2, 0) is 6.54 Å². The van der Waals surface area contributed by atoms with Crippen LogP contribution in [0.25, 0.3) is 0 Å². The molecular weight excluding hydrogens is 286 g/mol. The maximum absolute atomic E-state index is 3.55. The van der Waals surface area contributed by atoms with Crippen LogP contribution in [0.15, 0.2) is 53.0 Å². The van der Waals surface area contributed by atoms with E-state index < -0.39 is 0 Å². The standard InChI is InChI=1S/C16H18BrN/c1-12-4-3-5-14(10-12)11-18-13(2)15-6-8-16(17)9-7-15/h3-10,13,18H,11H2,1-2H3. The minimum Gasteiger partial charge on any atom is -0.306 e. The topological polar surface area (TPSA) is 12.0 Å². The number of aryl methyl sites for hydroxylation is 1. The normalized spacial score (nSPS) is 12.4. The van der Waals surface area contributed by atoms with Crippen LogP contribution < -0.4 is 5.32 Å². The number of hydrogen-bond donors (Lipinski definition) is 1. The Bertz CT molecular complexity index is 505. The van der Waals surface area contributed by atoms with Gasteiger partial charge < -0.3 is 5.32 Å². The predicted octanol–water partition coefficient (Wildman–Crippen LogP) is 4.61. The number of rotatable bonds is 4. The molecule has 2 heteroatoms. The van der Waals surface area contributed by atoms with Gasteiger partial charge in [-0.3, -0.25) is 0 Å². The second-order valence-electron chi connectivity index (χ2n) is 4.64. The zero-order valence-electron chi connectivity index (χ0n) is 10.8. The van der Waals surface area contributed by atoms with Crippen LogP contribution in [0.2, 0.25) is 0 Å². The van der Waals surface area contributed by atoms with E-state index in [1.54, 1.807) is 0 Å². The lowest BCUT2D eigenvalue weighted by atomic mass is 10.1. The van der Waals surface area contributed by atoms with Crippen LogP contribution in [-0.4, -0.2) is 0 Å². The number of nitrogens with one attached hydrogen (secondary N) is 1. The Morgan fingerprint density at radius 3 is 2.50 bits per heavy atom. The summed E-state index contributed by atoms with van der Waals surface area (Å²) in [5, 5.41) is 3.55. The molecule has 0 radical (unpaired) electrons. The Balaban J connectivity index is 1.96. The molecule has 0 bridgehead atoms. The van der Waals surface area contributed by atoms with Gasteiger partial charge in [0.1, 0.15) is 0 Å². The molecule has 1 unspecified atom stereocenters. The van der Waals surface area contributed by atoms with Crippen molar-refractivity contribution >= 4 is 15.9 Å². The molecule has 0 aliphatic rings. The first-order chi connectivity index (χ1) is 8.65. The maximum atomic E-state index is 3.55. The van der Waals surface area contributed by atoms with Gasteiger partial charge in [-0.05, 0) is 37.1 Å². The maximum Gasteiger partial charge on any atom is 0.0294 e. The first-order valence-corrected chi connectivity index (χ1v) is 6.99. The lowest BCUT2D eigenvalue weighted by Crippen LogP contribution is -2.18. The fourth-order valence-electron chi connectivity index (χ4n) is 1.96. The van der Waals surface area contributed by atoms with Crippen LogP contribution in [0.3, 0.4) is 0 Å². The molecular formula is C16H18BrN. The molecule has 0 aliphatic carbocycles. The van der Waals surface area contributed by atoms with E-state index in [-0.39, 0.29) is 0 Å². The van der Waals surface area contributed by atoms with Crippen molar-refractivity contribution in [3.63, 3.8) is 0 Å². The molecule has 0 aliphatic heterocycles. The molecule has 0 saturated heterocycles. The smallest absolute Gasteiger partial charge is 0.0294 e. The Hall–Kier alpha value is -1.12. The van der Waals surface area contributed by atoms with Crippen LogP contribution in [0, 0.1) is 6.92 Å². The molecule has 0 amide bonds. The second-order valence-corrected chi connectivity index (χ2v) is 5.56. The summed E-state index contributed by atoms with van der Waals surface area (Å²) in [5.41, 5.74) is 3.95. The molecule has 94 valence electrons. The van der Waals surface area contributed by atoms with E-state index in [0.717, 1.165) is 11.0 Å². The van der Waals surface area contributed by atoms with Crippen molar-refractivity contribution in [3.8, 4) is 0 Å². The summed E-state index contributed by atoms with van der Waals surface area (Å²) >= 11 is 3.46. The molecule has 18 heavy (non-hydrogen) atoms. The average Bonchev–Trinajstić information content (AvgIpc) is 2.37. The Morgan fingerprint density at radius 2 is 1.83 bits per heavy atom. The van der Waals surface area contributed by atoms with Gasteiger partial charge in [0.25, 0.3) is 0 Å². The highest BCUT2D eigenvalue weighted by Gasteiger charge is 2.04. The van der Waals surface area contributed by atoms with Gasteiger partial charge in [-0.1, -0.05) is 57.9 Å². The van der Waals surface area contributed by atoms with Gasteiger partial charge in [0, 0.05) is 17.1 Å². The van der Waals surface area contributed by atoms with E-state index in [9.17, 15) is 0 Å². The molecule has 0 spiro atoms. The summed E-state index contributed by atoms with van der Waals surface area (Å²) in [7, 11) is 0. The fourth-order valence-corrected chi connectivity index (χ4v) is 2.23. The van der Waals surface area contributed by atoms with Gasteiger partial charge in [-0.15, -0.1) is 0 Å². The number of halogens is 1. The Labute approximate surface area is 117 Å². The quantitative estimate of drug-likeness (QED) is 0.870. The third kappa shape index (κ3) is 3.69. The second kappa shape index (κ2) is 6.17. The summed E-state index contributed by atoms with van der Waals surface area (Å²) in [6.07, 6.45) is 0. The molecule has 2 aromatic carbocycles. The van der Waals surface area contributed by atoms with Crippen molar-refractivity contribution in [3.05, 3.63) is 69.7 Å². The van der Waals surface area contributed by atoms with E-state index in [0.29, 0.717) is 6.04 Å². The molecule has 0 saturated carbocycles. The largest absolute Gasteiger partial charge is 0.306 e. The lowest BCUT2D eigenvalue weighted by Gasteiger charge is -2.14. The molecule has 1 atom stereocenters. The summed E-state index contributed by atoms with van der Waals surface area (Å²) < 4.78 is 1.12. The van der Waals surface area contributed by atoms with E-state index >= 15 is 0 Å². The van der Waals surface area contributed by atoms with Crippen LogP contribution in [0.4, 0.5) is 0 Å². The van der Waals surface area contributed by atoms with Gasteiger partial charge >= 0.3 is 0 Å². The Kier molecular flexibility index (Phi) is 4.56. The SMILES string of the molecule is Cc1cccc(CNC(C)c2ccc(Br)cc2)c1. The van der Waals surface area contributed by atoms with Gasteiger partial charge in [0.2, 0.25) is 0 Å². The third-order valence-corrected chi connectivity index (χ3v) is 3.59. The summed E-state index contributed by atoms with van der Waals surface area (Å²) in [4.78, 5) is 0. The van der Waals surface area contributed by atoms with E-state index in [2.05, 4.69) is 83.6 Å². The number of hydrogen-bond acceptors (Lipinski definition) is 1. The van der Waals surface area contributed by atoms with Gasteiger partial charge in [-0.25, -0.2) is 0 Å². The van der Waals surface area contributed by atoms with Crippen molar-refractivity contribution in [1.82, 2.24) is 5.32 Å². The highest BCUT2D eigenvalue weighted by Crippen LogP contribution is 2.17. The van der Waals surface area contributed by atoms with Gasteiger partial charge in [0.05, 0.1) is 0 Å². The third-order valence-electron chi connectivity index (χ3n) is 3.06. The predicted molar refractivity (Wildman–Crippen MR) is 80.6 cm³/mol. The molecule has 1 nitrogen and oxygen atoms in total. The monoisotopic (exact) mass is 303 g/mol. The van der Waals surface area contributed by atoms with Crippen LogP contribution >= 0.6 is 15.9 Å². The van der Waals surface area contributed by atoms with Gasteiger partial charge in [0.15, 0.2) is 0 Å². The van der Waals surface area contributed by atoms with E-state index in [4.69, 9.17) is 0 Å². The average molecular weight is 304 g/mol. The zero-order chi connectivity index (χ0) is 13.0. The summed E-state index contributed by atoms with van der Waals surface area (Å²) in [6.45, 7) is 5.22.